The summed E-state index contributed by atoms with van der Waals surface area (Å²) in [6.45, 7) is 0.971. The van der Waals surface area contributed by atoms with Crippen molar-refractivity contribution in [3.8, 4) is 0 Å². The van der Waals surface area contributed by atoms with Crippen LogP contribution in [0, 0.1) is 0 Å². The van der Waals surface area contributed by atoms with E-state index in [4.69, 9.17) is 4.74 Å². The van der Waals surface area contributed by atoms with Crippen LogP contribution in [0.1, 0.15) is 28.4 Å². The fourth-order valence-electron chi connectivity index (χ4n) is 3.05. The zero-order valence-electron chi connectivity index (χ0n) is 16.0. The lowest BCUT2D eigenvalue weighted by Gasteiger charge is -2.21. The second kappa shape index (κ2) is 8.14. The van der Waals surface area contributed by atoms with E-state index in [1.807, 2.05) is 0 Å². The number of nitrogens with one attached hydrogen (secondary N) is 1. The lowest BCUT2D eigenvalue weighted by molar-refractivity contribution is -0.148. The summed E-state index contributed by atoms with van der Waals surface area (Å²) in [7, 11) is 1.27. The molecule has 0 bridgehead atoms. The number of carbonyl (C=O) groups excluding carboxylic acids is 4. The number of hydrogen-bond acceptors (Lipinski definition) is 6. The van der Waals surface area contributed by atoms with Crippen LogP contribution in [0.4, 0.5) is 4.79 Å². The van der Waals surface area contributed by atoms with Crippen molar-refractivity contribution in [2.75, 3.05) is 13.7 Å². The first-order valence-corrected chi connectivity index (χ1v) is 8.87. The molecule has 29 heavy (non-hydrogen) atoms. The van der Waals surface area contributed by atoms with E-state index in [2.05, 4.69) is 10.1 Å². The van der Waals surface area contributed by atoms with Crippen LogP contribution in [0.25, 0.3) is 0 Å². The number of amides is 3. The maximum Gasteiger partial charge on any atom is 0.337 e. The number of carbonyl (C=O) groups is 4. The van der Waals surface area contributed by atoms with Gasteiger partial charge in [-0.05, 0) is 30.2 Å². The predicted molar refractivity (Wildman–Crippen MR) is 102 cm³/mol. The van der Waals surface area contributed by atoms with E-state index in [1.165, 1.54) is 7.11 Å². The molecule has 1 saturated heterocycles. The third kappa shape index (κ3) is 4.11. The first kappa shape index (κ1) is 20.1. The highest BCUT2D eigenvalue weighted by Crippen LogP contribution is 2.28. The molecule has 1 aliphatic heterocycles. The van der Waals surface area contributed by atoms with Gasteiger partial charge in [-0.15, -0.1) is 0 Å². The van der Waals surface area contributed by atoms with Gasteiger partial charge in [0, 0.05) is 0 Å². The van der Waals surface area contributed by atoms with Crippen molar-refractivity contribution in [2.45, 2.75) is 19.1 Å². The van der Waals surface area contributed by atoms with E-state index in [-0.39, 0.29) is 6.61 Å². The number of urea groups is 1. The Bertz CT molecular complexity index is 959. The molecule has 1 fully saturated rings. The minimum atomic E-state index is -1.24. The predicted octanol–water partition coefficient (Wildman–Crippen LogP) is 1.98. The van der Waals surface area contributed by atoms with Crippen LogP contribution in [-0.2, 0) is 31.2 Å². The highest BCUT2D eigenvalue weighted by atomic mass is 16.5. The van der Waals surface area contributed by atoms with Crippen molar-refractivity contribution in [3.05, 3.63) is 71.3 Å². The van der Waals surface area contributed by atoms with Gasteiger partial charge < -0.3 is 14.8 Å². The summed E-state index contributed by atoms with van der Waals surface area (Å²) in [6, 6.07) is 14.6. The Hall–Kier alpha value is -3.68. The van der Waals surface area contributed by atoms with Gasteiger partial charge in [0.1, 0.15) is 18.7 Å². The van der Waals surface area contributed by atoms with Gasteiger partial charge in [0.15, 0.2) is 0 Å². The molecule has 1 N–H and O–H groups in total. The summed E-state index contributed by atoms with van der Waals surface area (Å²) >= 11 is 0. The van der Waals surface area contributed by atoms with E-state index >= 15 is 0 Å². The fraction of sp³-hybridized carbons (Fsp3) is 0.238. The Balaban J connectivity index is 1.63. The van der Waals surface area contributed by atoms with Gasteiger partial charge in [-0.2, -0.15) is 0 Å². The largest absolute Gasteiger partial charge is 0.465 e. The second-order valence-electron chi connectivity index (χ2n) is 6.67. The number of imide groups is 1. The van der Waals surface area contributed by atoms with E-state index in [1.54, 1.807) is 61.5 Å². The van der Waals surface area contributed by atoms with Crippen LogP contribution in [0.5, 0.6) is 0 Å². The number of esters is 2. The van der Waals surface area contributed by atoms with Gasteiger partial charge in [0.25, 0.3) is 5.91 Å². The molecule has 3 amide bonds. The average molecular weight is 396 g/mol. The molecule has 8 heteroatoms. The zero-order valence-corrected chi connectivity index (χ0v) is 16.0. The molecular formula is C21H20N2O6. The number of ether oxygens (including phenoxy) is 2. The van der Waals surface area contributed by atoms with E-state index < -0.39 is 36.0 Å². The van der Waals surface area contributed by atoms with E-state index in [9.17, 15) is 19.2 Å². The number of benzene rings is 2. The van der Waals surface area contributed by atoms with E-state index in [0.29, 0.717) is 16.7 Å². The monoisotopic (exact) mass is 396 g/mol. The van der Waals surface area contributed by atoms with Gasteiger partial charge in [0.05, 0.1) is 12.7 Å². The van der Waals surface area contributed by atoms with Crippen molar-refractivity contribution < 1.29 is 28.7 Å². The first-order chi connectivity index (χ1) is 13.8. The van der Waals surface area contributed by atoms with Crippen molar-refractivity contribution in [1.29, 1.82) is 0 Å². The Morgan fingerprint density at radius 1 is 1.07 bits per heavy atom. The third-order valence-electron chi connectivity index (χ3n) is 4.66. The molecule has 1 atom stereocenters. The van der Waals surface area contributed by atoms with Crippen molar-refractivity contribution in [1.82, 2.24) is 10.2 Å². The molecule has 1 heterocycles. The molecule has 0 aromatic heterocycles. The summed E-state index contributed by atoms with van der Waals surface area (Å²) in [6.07, 6.45) is 0. The van der Waals surface area contributed by atoms with Crippen LogP contribution < -0.4 is 5.32 Å². The maximum atomic E-state index is 12.8. The number of nitrogens with zero attached hydrogens (tertiary/aromatic N) is 1. The first-order valence-electron chi connectivity index (χ1n) is 8.87. The lowest BCUT2D eigenvalue weighted by Crippen LogP contribution is -2.41. The summed E-state index contributed by atoms with van der Waals surface area (Å²) < 4.78 is 9.81. The Kier molecular flexibility index (Phi) is 5.63. The van der Waals surface area contributed by atoms with Gasteiger partial charge in [0.2, 0.25) is 0 Å². The highest BCUT2D eigenvalue weighted by molar-refractivity contribution is 6.08. The van der Waals surface area contributed by atoms with Crippen molar-refractivity contribution >= 4 is 23.9 Å². The van der Waals surface area contributed by atoms with Crippen LogP contribution >= 0.6 is 0 Å². The summed E-state index contributed by atoms with van der Waals surface area (Å²) in [5, 5.41) is 2.63. The number of methoxy groups -OCH3 is 1. The fourth-order valence-corrected chi connectivity index (χ4v) is 3.05. The molecule has 3 rings (SSSR count). The molecule has 0 radical (unpaired) electrons. The van der Waals surface area contributed by atoms with Crippen molar-refractivity contribution in [3.63, 3.8) is 0 Å². The molecule has 0 spiro atoms. The number of hydrogen-bond donors (Lipinski definition) is 1. The topological polar surface area (TPSA) is 102 Å². The summed E-state index contributed by atoms with van der Waals surface area (Å²) in [4.78, 5) is 49.7. The Morgan fingerprint density at radius 2 is 1.79 bits per heavy atom. The maximum absolute atomic E-state index is 12.8. The van der Waals surface area contributed by atoms with Gasteiger partial charge in [-0.1, -0.05) is 42.5 Å². The average Bonchev–Trinajstić information content (AvgIpc) is 2.96. The summed E-state index contributed by atoms with van der Waals surface area (Å²) in [5.41, 5.74) is 0.281. The lowest BCUT2D eigenvalue weighted by atomic mass is 9.92. The van der Waals surface area contributed by atoms with Gasteiger partial charge >= 0.3 is 18.0 Å². The Morgan fingerprint density at radius 3 is 2.48 bits per heavy atom. The molecule has 0 unspecified atom stereocenters. The van der Waals surface area contributed by atoms with Crippen LogP contribution in [0.2, 0.25) is 0 Å². The molecule has 0 aliphatic carbocycles. The summed E-state index contributed by atoms with van der Waals surface area (Å²) in [5.74, 6) is -1.77. The molecule has 2 aromatic carbocycles. The minimum absolute atomic E-state index is 0.108. The Labute approximate surface area is 167 Å². The van der Waals surface area contributed by atoms with Crippen LogP contribution in [0.3, 0.4) is 0 Å². The zero-order chi connectivity index (χ0) is 21.0. The van der Waals surface area contributed by atoms with Crippen LogP contribution in [-0.4, -0.2) is 42.4 Å². The van der Waals surface area contributed by atoms with Gasteiger partial charge in [-0.25, -0.2) is 9.59 Å². The third-order valence-corrected chi connectivity index (χ3v) is 4.66. The number of rotatable bonds is 6. The molecule has 2 aromatic rings. The quantitative estimate of drug-likeness (QED) is 0.592. The second-order valence-corrected chi connectivity index (χ2v) is 6.67. The SMILES string of the molecule is COC(=O)c1cccc(COC(=O)CN2C(=O)N[C@@](C)(c3ccccc3)C2=O)c1. The molecular weight excluding hydrogens is 376 g/mol. The van der Waals surface area contributed by atoms with Crippen LogP contribution in [0.15, 0.2) is 54.6 Å². The molecule has 150 valence electrons. The molecule has 1 aliphatic rings. The van der Waals surface area contributed by atoms with Crippen molar-refractivity contribution in [2.24, 2.45) is 0 Å². The molecule has 8 nitrogen and oxygen atoms in total. The molecule has 0 saturated carbocycles. The highest BCUT2D eigenvalue weighted by Gasteiger charge is 2.49. The smallest absolute Gasteiger partial charge is 0.337 e. The van der Waals surface area contributed by atoms with E-state index in [0.717, 1.165) is 4.90 Å². The van der Waals surface area contributed by atoms with Gasteiger partial charge in [-0.3, -0.25) is 14.5 Å². The normalized spacial score (nSPS) is 18.3. The minimum Gasteiger partial charge on any atom is -0.465 e. The standard InChI is InChI=1S/C21H20N2O6/c1-21(16-9-4-3-5-10-16)19(26)23(20(27)22-21)12-17(24)29-13-14-7-6-8-15(11-14)18(25)28-2/h3-11H,12-13H2,1-2H3,(H,22,27)/t21-/m0/s1.